The lowest BCUT2D eigenvalue weighted by atomic mass is 10.0. The maximum absolute atomic E-state index is 10.3. The van der Waals surface area contributed by atoms with Crippen molar-refractivity contribution in [2.24, 2.45) is 0 Å². The maximum atomic E-state index is 10.3. The highest BCUT2D eigenvalue weighted by atomic mass is 16.4. The summed E-state index contributed by atoms with van der Waals surface area (Å²) in [6, 6.07) is 7.46. The zero-order valence-electron chi connectivity index (χ0n) is 10.8. The van der Waals surface area contributed by atoms with Crippen LogP contribution in [0, 0.1) is 0 Å². The van der Waals surface area contributed by atoms with Gasteiger partial charge in [-0.15, -0.1) is 0 Å². The van der Waals surface area contributed by atoms with Gasteiger partial charge in [-0.2, -0.15) is 0 Å². The fourth-order valence-corrected chi connectivity index (χ4v) is 2.02. The van der Waals surface area contributed by atoms with Crippen molar-refractivity contribution in [3.05, 3.63) is 29.8 Å². The SMILES string of the molecule is O=C(O)CCCCCCCCc1ccccc1O. The van der Waals surface area contributed by atoms with Crippen LogP contribution in [-0.2, 0) is 11.2 Å². The number of carboxylic acids is 1. The van der Waals surface area contributed by atoms with Crippen molar-refractivity contribution in [3.63, 3.8) is 0 Å². The Bertz CT molecular complexity index is 361. The minimum absolute atomic E-state index is 0.290. The van der Waals surface area contributed by atoms with Gasteiger partial charge < -0.3 is 10.2 Å². The van der Waals surface area contributed by atoms with Gasteiger partial charge in [0, 0.05) is 6.42 Å². The van der Waals surface area contributed by atoms with Gasteiger partial charge in [-0.25, -0.2) is 0 Å². The van der Waals surface area contributed by atoms with Crippen LogP contribution in [0.15, 0.2) is 24.3 Å². The maximum Gasteiger partial charge on any atom is 0.303 e. The second kappa shape index (κ2) is 8.56. The van der Waals surface area contributed by atoms with Crippen LogP contribution < -0.4 is 0 Å². The van der Waals surface area contributed by atoms with Crippen LogP contribution in [-0.4, -0.2) is 16.2 Å². The van der Waals surface area contributed by atoms with Crippen molar-refractivity contribution < 1.29 is 15.0 Å². The Morgan fingerprint density at radius 1 is 0.944 bits per heavy atom. The molecule has 3 nitrogen and oxygen atoms in total. The van der Waals surface area contributed by atoms with Crippen molar-refractivity contribution in [1.29, 1.82) is 0 Å². The minimum Gasteiger partial charge on any atom is -0.508 e. The molecule has 0 aromatic heterocycles. The van der Waals surface area contributed by atoms with Gasteiger partial charge in [0.1, 0.15) is 5.75 Å². The van der Waals surface area contributed by atoms with Gasteiger partial charge in [0.25, 0.3) is 0 Å². The van der Waals surface area contributed by atoms with Crippen molar-refractivity contribution in [1.82, 2.24) is 0 Å². The van der Waals surface area contributed by atoms with Gasteiger partial charge in [-0.3, -0.25) is 4.79 Å². The molecule has 1 rings (SSSR count). The Balaban J connectivity index is 1.99. The van der Waals surface area contributed by atoms with Crippen LogP contribution in [0.5, 0.6) is 5.75 Å². The molecule has 0 aliphatic rings. The molecule has 0 saturated heterocycles. The van der Waals surface area contributed by atoms with Crippen LogP contribution in [0.25, 0.3) is 0 Å². The summed E-state index contributed by atoms with van der Waals surface area (Å²) in [6.07, 6.45) is 7.47. The van der Waals surface area contributed by atoms with Crippen LogP contribution in [0.2, 0.25) is 0 Å². The van der Waals surface area contributed by atoms with Crippen molar-refractivity contribution >= 4 is 5.97 Å². The second-order valence-electron chi connectivity index (χ2n) is 4.64. The Morgan fingerprint density at radius 3 is 2.22 bits per heavy atom. The average Bonchev–Trinajstić information content (AvgIpc) is 2.34. The molecule has 2 N–H and O–H groups in total. The largest absolute Gasteiger partial charge is 0.508 e. The van der Waals surface area contributed by atoms with Gasteiger partial charge in [0.15, 0.2) is 0 Å². The Morgan fingerprint density at radius 2 is 1.56 bits per heavy atom. The van der Waals surface area contributed by atoms with Gasteiger partial charge >= 0.3 is 5.97 Å². The molecular weight excluding hydrogens is 228 g/mol. The van der Waals surface area contributed by atoms with E-state index in [-0.39, 0.29) is 6.42 Å². The molecule has 0 aliphatic carbocycles. The Hall–Kier alpha value is -1.51. The highest BCUT2D eigenvalue weighted by Crippen LogP contribution is 2.18. The van der Waals surface area contributed by atoms with E-state index in [0.717, 1.165) is 50.5 Å². The number of benzene rings is 1. The van der Waals surface area contributed by atoms with E-state index >= 15 is 0 Å². The summed E-state index contributed by atoms with van der Waals surface area (Å²) in [5.41, 5.74) is 1.02. The number of aryl methyl sites for hydroxylation is 1. The summed E-state index contributed by atoms with van der Waals surface area (Å²) in [6.45, 7) is 0. The number of phenols is 1. The number of para-hydroxylation sites is 1. The van der Waals surface area contributed by atoms with Crippen molar-refractivity contribution in [2.75, 3.05) is 0 Å². The molecule has 3 heteroatoms. The summed E-state index contributed by atoms with van der Waals surface area (Å²) in [4.78, 5) is 10.3. The highest BCUT2D eigenvalue weighted by molar-refractivity contribution is 5.66. The number of carbonyl (C=O) groups is 1. The molecule has 0 aliphatic heterocycles. The van der Waals surface area contributed by atoms with E-state index < -0.39 is 5.97 Å². The number of rotatable bonds is 9. The predicted octanol–water partition coefficient (Wildman–Crippen LogP) is 3.75. The molecule has 0 heterocycles. The third-order valence-corrected chi connectivity index (χ3v) is 3.08. The number of aromatic hydroxyl groups is 1. The molecular formula is C15H22O3. The van der Waals surface area contributed by atoms with Gasteiger partial charge in [0.05, 0.1) is 0 Å². The van der Waals surface area contributed by atoms with Gasteiger partial charge in [0.2, 0.25) is 0 Å². The van der Waals surface area contributed by atoms with Gasteiger partial charge in [-0.1, -0.05) is 43.9 Å². The number of carboxylic acid groups (broad SMARTS) is 1. The fraction of sp³-hybridized carbons (Fsp3) is 0.533. The number of aliphatic carboxylic acids is 1. The average molecular weight is 250 g/mol. The molecule has 0 fully saturated rings. The van der Waals surface area contributed by atoms with E-state index in [1.54, 1.807) is 6.07 Å². The molecule has 1 aromatic rings. The third kappa shape index (κ3) is 6.28. The first kappa shape index (κ1) is 14.6. The van der Waals surface area contributed by atoms with E-state index in [1.165, 1.54) is 0 Å². The van der Waals surface area contributed by atoms with E-state index in [4.69, 9.17) is 5.11 Å². The zero-order valence-corrected chi connectivity index (χ0v) is 10.8. The third-order valence-electron chi connectivity index (χ3n) is 3.08. The van der Waals surface area contributed by atoms with Crippen LogP contribution in [0.1, 0.15) is 50.5 Å². The van der Waals surface area contributed by atoms with E-state index in [1.807, 2.05) is 18.2 Å². The lowest BCUT2D eigenvalue weighted by molar-refractivity contribution is -0.137. The lowest BCUT2D eigenvalue weighted by Crippen LogP contribution is -1.93. The Kier molecular flexibility index (Phi) is 6.92. The molecule has 0 unspecified atom stereocenters. The summed E-state index contributed by atoms with van der Waals surface area (Å²) in [7, 11) is 0. The molecule has 100 valence electrons. The molecule has 18 heavy (non-hydrogen) atoms. The first-order valence-corrected chi connectivity index (χ1v) is 6.69. The number of hydrogen-bond donors (Lipinski definition) is 2. The van der Waals surface area contributed by atoms with Crippen molar-refractivity contribution in [3.8, 4) is 5.75 Å². The smallest absolute Gasteiger partial charge is 0.303 e. The van der Waals surface area contributed by atoms with E-state index in [9.17, 15) is 9.90 Å². The minimum atomic E-state index is -0.699. The molecule has 0 saturated carbocycles. The van der Waals surface area contributed by atoms with Crippen LogP contribution >= 0.6 is 0 Å². The predicted molar refractivity (Wildman–Crippen MR) is 71.8 cm³/mol. The van der Waals surface area contributed by atoms with E-state index in [0.29, 0.717) is 5.75 Å². The number of hydrogen-bond acceptors (Lipinski definition) is 2. The molecule has 0 radical (unpaired) electrons. The molecule has 0 atom stereocenters. The normalized spacial score (nSPS) is 10.4. The summed E-state index contributed by atoms with van der Waals surface area (Å²) in [5.74, 6) is -0.312. The number of unbranched alkanes of at least 4 members (excludes halogenated alkanes) is 5. The Labute approximate surface area is 108 Å². The first-order chi connectivity index (χ1) is 8.70. The standard InChI is InChI=1S/C15H22O3/c16-14-11-8-7-10-13(14)9-5-3-1-2-4-6-12-15(17)18/h7-8,10-11,16H,1-6,9,12H2,(H,17,18). The topological polar surface area (TPSA) is 57.5 Å². The first-order valence-electron chi connectivity index (χ1n) is 6.69. The second-order valence-corrected chi connectivity index (χ2v) is 4.64. The molecule has 1 aromatic carbocycles. The van der Waals surface area contributed by atoms with Crippen molar-refractivity contribution in [2.45, 2.75) is 51.4 Å². The summed E-state index contributed by atoms with van der Waals surface area (Å²) in [5, 5.41) is 18.1. The monoisotopic (exact) mass is 250 g/mol. The van der Waals surface area contributed by atoms with Crippen LogP contribution in [0.4, 0.5) is 0 Å². The number of phenolic OH excluding ortho intramolecular Hbond substituents is 1. The molecule has 0 spiro atoms. The zero-order chi connectivity index (χ0) is 13.2. The summed E-state index contributed by atoms with van der Waals surface area (Å²) < 4.78 is 0. The lowest BCUT2D eigenvalue weighted by Gasteiger charge is -2.04. The highest BCUT2D eigenvalue weighted by Gasteiger charge is 1.99. The molecule has 0 bridgehead atoms. The van der Waals surface area contributed by atoms with Crippen LogP contribution in [0.3, 0.4) is 0 Å². The van der Waals surface area contributed by atoms with Gasteiger partial charge in [-0.05, 0) is 30.9 Å². The quantitative estimate of drug-likeness (QED) is 0.656. The summed E-state index contributed by atoms with van der Waals surface area (Å²) >= 11 is 0. The molecule has 0 amide bonds. The van der Waals surface area contributed by atoms with E-state index in [2.05, 4.69) is 0 Å². The fourth-order valence-electron chi connectivity index (χ4n) is 2.02.